The number of rotatable bonds is 6. The normalized spacial score (nSPS) is 18.7. The molecule has 1 heterocycles. The minimum Gasteiger partial charge on any atom is -0.371 e. The zero-order valence-corrected chi connectivity index (χ0v) is 10.6. The summed E-state index contributed by atoms with van der Waals surface area (Å²) in [4.78, 5) is 4.32. The third-order valence-corrected chi connectivity index (χ3v) is 3.16. The van der Waals surface area contributed by atoms with Crippen molar-refractivity contribution in [2.45, 2.75) is 58.2 Å². The predicted octanol–water partition coefficient (Wildman–Crippen LogP) is 2.20. The minimum atomic E-state index is -0.0935. The Bertz CT molecular complexity index is 334. The van der Waals surface area contributed by atoms with Crippen molar-refractivity contribution >= 4 is 0 Å². The Hall–Kier alpha value is -0.940. The van der Waals surface area contributed by atoms with Crippen LogP contribution in [0.25, 0.3) is 0 Å². The second-order valence-electron chi connectivity index (χ2n) is 4.51. The minimum absolute atomic E-state index is 0.0935. The highest BCUT2D eigenvalue weighted by atomic mass is 16.5. The van der Waals surface area contributed by atoms with E-state index in [0.717, 1.165) is 0 Å². The van der Waals surface area contributed by atoms with Gasteiger partial charge in [0.2, 0.25) is 5.89 Å². The van der Waals surface area contributed by atoms with Crippen LogP contribution in [0.4, 0.5) is 0 Å². The summed E-state index contributed by atoms with van der Waals surface area (Å²) in [7, 11) is 0. The van der Waals surface area contributed by atoms with Crippen molar-refractivity contribution in [3.63, 3.8) is 0 Å². The fourth-order valence-electron chi connectivity index (χ4n) is 2.19. The number of hydrogen-bond acceptors (Lipinski definition) is 5. The van der Waals surface area contributed by atoms with E-state index in [1.807, 2.05) is 13.8 Å². The molecule has 1 aliphatic carbocycles. The summed E-state index contributed by atoms with van der Waals surface area (Å²) >= 11 is 0. The highest BCUT2D eigenvalue weighted by Crippen LogP contribution is 2.18. The summed E-state index contributed by atoms with van der Waals surface area (Å²) in [5.74, 6) is 1.29. The first-order chi connectivity index (χ1) is 8.29. The van der Waals surface area contributed by atoms with Crippen LogP contribution in [0.15, 0.2) is 4.52 Å². The number of hydrogen-bond donors (Lipinski definition) is 1. The lowest BCUT2D eigenvalue weighted by molar-refractivity contribution is 0.0683. The highest BCUT2D eigenvalue weighted by molar-refractivity contribution is 4.90. The maximum Gasteiger partial charge on any atom is 0.240 e. The number of aromatic nitrogens is 2. The molecule has 1 saturated carbocycles. The van der Waals surface area contributed by atoms with Gasteiger partial charge in [-0.25, -0.2) is 0 Å². The largest absolute Gasteiger partial charge is 0.371 e. The lowest BCUT2D eigenvalue weighted by Gasteiger charge is -2.08. The van der Waals surface area contributed by atoms with Gasteiger partial charge in [0.25, 0.3) is 0 Å². The highest BCUT2D eigenvalue weighted by Gasteiger charge is 2.17. The van der Waals surface area contributed by atoms with E-state index in [2.05, 4.69) is 15.5 Å². The van der Waals surface area contributed by atoms with E-state index in [1.165, 1.54) is 25.7 Å². The van der Waals surface area contributed by atoms with E-state index < -0.39 is 0 Å². The Kier molecular flexibility index (Phi) is 4.50. The van der Waals surface area contributed by atoms with Crippen LogP contribution in [0, 0.1) is 0 Å². The molecular formula is C12H21N3O2. The average molecular weight is 239 g/mol. The van der Waals surface area contributed by atoms with Crippen molar-refractivity contribution < 1.29 is 9.26 Å². The quantitative estimate of drug-likeness (QED) is 0.824. The van der Waals surface area contributed by atoms with Crippen molar-refractivity contribution in [3.05, 3.63) is 11.7 Å². The standard InChI is InChI=1S/C12H21N3O2/c1-3-16-9(2)12-14-11(17-15-12)8-13-10-6-4-5-7-10/h9-10,13H,3-8H2,1-2H3. The summed E-state index contributed by atoms with van der Waals surface area (Å²) < 4.78 is 10.6. The van der Waals surface area contributed by atoms with Gasteiger partial charge >= 0.3 is 0 Å². The Balaban J connectivity index is 1.80. The average Bonchev–Trinajstić information content (AvgIpc) is 2.98. The van der Waals surface area contributed by atoms with E-state index in [0.29, 0.717) is 30.9 Å². The van der Waals surface area contributed by atoms with Gasteiger partial charge < -0.3 is 14.6 Å². The van der Waals surface area contributed by atoms with Crippen molar-refractivity contribution in [3.8, 4) is 0 Å². The Labute approximate surface area is 102 Å². The summed E-state index contributed by atoms with van der Waals surface area (Å²) in [5.41, 5.74) is 0. The topological polar surface area (TPSA) is 60.2 Å². The van der Waals surface area contributed by atoms with Crippen molar-refractivity contribution in [2.24, 2.45) is 0 Å². The number of ether oxygens (including phenoxy) is 1. The Morgan fingerprint density at radius 2 is 2.24 bits per heavy atom. The second kappa shape index (κ2) is 6.12. The van der Waals surface area contributed by atoms with Gasteiger partial charge in [-0.3, -0.25) is 0 Å². The SMILES string of the molecule is CCOC(C)c1noc(CNC2CCCC2)n1. The maximum atomic E-state index is 5.41. The molecule has 1 N–H and O–H groups in total. The molecule has 1 fully saturated rings. The molecule has 0 spiro atoms. The van der Waals surface area contributed by atoms with Gasteiger partial charge in [-0.05, 0) is 26.7 Å². The van der Waals surface area contributed by atoms with Gasteiger partial charge in [-0.15, -0.1) is 0 Å². The van der Waals surface area contributed by atoms with E-state index in [1.54, 1.807) is 0 Å². The first kappa shape index (κ1) is 12.5. The van der Waals surface area contributed by atoms with Crippen LogP contribution in [0.3, 0.4) is 0 Å². The molecule has 0 radical (unpaired) electrons. The molecule has 1 aromatic heterocycles. The van der Waals surface area contributed by atoms with Gasteiger partial charge in [-0.1, -0.05) is 18.0 Å². The van der Waals surface area contributed by atoms with Crippen LogP contribution < -0.4 is 5.32 Å². The van der Waals surface area contributed by atoms with E-state index in [4.69, 9.17) is 9.26 Å². The molecule has 1 unspecified atom stereocenters. The summed E-state index contributed by atoms with van der Waals surface area (Å²) in [5, 5.41) is 7.37. The first-order valence-corrected chi connectivity index (χ1v) is 6.47. The van der Waals surface area contributed by atoms with Gasteiger partial charge in [-0.2, -0.15) is 4.98 Å². The summed E-state index contributed by atoms with van der Waals surface area (Å²) in [6.45, 7) is 5.21. The molecular weight excluding hydrogens is 218 g/mol. The fourth-order valence-corrected chi connectivity index (χ4v) is 2.19. The molecule has 5 heteroatoms. The van der Waals surface area contributed by atoms with Crippen LogP contribution in [-0.4, -0.2) is 22.8 Å². The molecule has 5 nitrogen and oxygen atoms in total. The lowest BCUT2D eigenvalue weighted by Crippen LogP contribution is -2.25. The molecule has 0 amide bonds. The van der Waals surface area contributed by atoms with Gasteiger partial charge in [0.15, 0.2) is 5.82 Å². The summed E-state index contributed by atoms with van der Waals surface area (Å²) in [6, 6.07) is 0.620. The Morgan fingerprint density at radius 1 is 1.47 bits per heavy atom. The number of nitrogens with one attached hydrogen (secondary N) is 1. The first-order valence-electron chi connectivity index (χ1n) is 6.47. The van der Waals surface area contributed by atoms with Gasteiger partial charge in [0.1, 0.15) is 6.10 Å². The zero-order valence-electron chi connectivity index (χ0n) is 10.6. The van der Waals surface area contributed by atoms with Crippen LogP contribution >= 0.6 is 0 Å². The number of nitrogens with zero attached hydrogens (tertiary/aromatic N) is 2. The monoisotopic (exact) mass is 239 g/mol. The molecule has 2 rings (SSSR count). The summed E-state index contributed by atoms with van der Waals surface area (Å²) in [6.07, 6.45) is 5.08. The van der Waals surface area contributed by atoms with Crippen molar-refractivity contribution in [1.29, 1.82) is 0 Å². The molecule has 17 heavy (non-hydrogen) atoms. The van der Waals surface area contributed by atoms with E-state index >= 15 is 0 Å². The molecule has 1 atom stereocenters. The van der Waals surface area contributed by atoms with Crippen LogP contribution in [-0.2, 0) is 11.3 Å². The predicted molar refractivity (Wildman–Crippen MR) is 63.4 cm³/mol. The molecule has 1 aliphatic rings. The second-order valence-corrected chi connectivity index (χ2v) is 4.51. The molecule has 96 valence electrons. The molecule has 0 aromatic carbocycles. The van der Waals surface area contributed by atoms with Crippen LogP contribution in [0.2, 0.25) is 0 Å². The maximum absolute atomic E-state index is 5.41. The van der Waals surface area contributed by atoms with Crippen molar-refractivity contribution in [1.82, 2.24) is 15.5 Å². The smallest absolute Gasteiger partial charge is 0.240 e. The lowest BCUT2D eigenvalue weighted by atomic mass is 10.2. The fraction of sp³-hybridized carbons (Fsp3) is 0.833. The molecule has 0 bridgehead atoms. The third kappa shape index (κ3) is 3.51. The van der Waals surface area contributed by atoms with Crippen LogP contribution in [0.5, 0.6) is 0 Å². The van der Waals surface area contributed by atoms with Gasteiger partial charge in [0.05, 0.1) is 6.54 Å². The molecule has 0 saturated heterocycles. The van der Waals surface area contributed by atoms with Crippen molar-refractivity contribution in [2.75, 3.05) is 6.61 Å². The van der Waals surface area contributed by atoms with E-state index in [-0.39, 0.29) is 6.10 Å². The van der Waals surface area contributed by atoms with Crippen LogP contribution in [0.1, 0.15) is 57.3 Å². The van der Waals surface area contributed by atoms with Gasteiger partial charge in [0, 0.05) is 12.6 Å². The Morgan fingerprint density at radius 3 is 2.94 bits per heavy atom. The zero-order chi connectivity index (χ0) is 12.1. The molecule has 0 aliphatic heterocycles. The molecule has 1 aromatic rings. The van der Waals surface area contributed by atoms with E-state index in [9.17, 15) is 0 Å². The third-order valence-electron chi connectivity index (χ3n) is 3.16.